The molecule has 2 aromatic carbocycles. The smallest absolute Gasteiger partial charge is 0.270 e. The molecule has 3 rings (SSSR count). The van der Waals surface area contributed by atoms with Gasteiger partial charge in [-0.15, -0.1) is 0 Å². The first kappa shape index (κ1) is 21.3. The standard InChI is InChI=1S/C20H16BrClN2O4S/c1-3-28-17-15(21)8-11(9-16(17)27-2)7-14-18(25)23-20(29)24(19(14)26)13-6-4-5-12(22)10-13/h4-10H,3H2,1-2H3,(H,23,25,29)/b14-7+. The normalized spacial score (nSPS) is 15.5. The summed E-state index contributed by atoms with van der Waals surface area (Å²) in [4.78, 5) is 26.8. The van der Waals surface area contributed by atoms with Crippen LogP contribution in [0.15, 0.2) is 46.4 Å². The van der Waals surface area contributed by atoms with Crippen LogP contribution >= 0.6 is 39.7 Å². The van der Waals surface area contributed by atoms with Crippen LogP contribution in [0.3, 0.4) is 0 Å². The van der Waals surface area contributed by atoms with E-state index in [1.165, 1.54) is 18.1 Å². The topological polar surface area (TPSA) is 67.9 Å². The van der Waals surface area contributed by atoms with E-state index < -0.39 is 11.8 Å². The molecule has 1 aliphatic rings. The number of amides is 2. The van der Waals surface area contributed by atoms with Gasteiger partial charge in [-0.3, -0.25) is 19.8 Å². The number of ether oxygens (including phenoxy) is 2. The molecule has 0 unspecified atom stereocenters. The van der Waals surface area contributed by atoms with Crippen molar-refractivity contribution in [3.63, 3.8) is 0 Å². The highest BCUT2D eigenvalue weighted by Crippen LogP contribution is 2.37. The van der Waals surface area contributed by atoms with Gasteiger partial charge in [0.25, 0.3) is 11.8 Å². The number of thiocarbonyl (C=S) groups is 1. The summed E-state index contributed by atoms with van der Waals surface area (Å²) < 4.78 is 11.6. The number of carbonyl (C=O) groups is 2. The molecule has 0 radical (unpaired) electrons. The molecule has 0 aromatic heterocycles. The number of halogens is 2. The average Bonchev–Trinajstić information content (AvgIpc) is 2.67. The summed E-state index contributed by atoms with van der Waals surface area (Å²) in [5.74, 6) is -0.121. The van der Waals surface area contributed by atoms with Crippen LogP contribution in [0.5, 0.6) is 11.5 Å². The molecular weight excluding hydrogens is 480 g/mol. The molecular formula is C20H16BrClN2O4S. The minimum absolute atomic E-state index is 0.00938. The van der Waals surface area contributed by atoms with Crippen molar-refractivity contribution in [3.8, 4) is 11.5 Å². The molecule has 9 heteroatoms. The highest BCUT2D eigenvalue weighted by molar-refractivity contribution is 9.10. The Bertz CT molecular complexity index is 1040. The SMILES string of the molecule is CCOc1c(Br)cc(/C=C2\C(=O)NC(=S)N(c3cccc(Cl)c3)C2=O)cc1OC. The predicted octanol–water partition coefficient (Wildman–Crippen LogP) is 4.34. The second kappa shape index (κ2) is 8.94. The van der Waals surface area contributed by atoms with Crippen molar-refractivity contribution in [3.05, 3.63) is 57.0 Å². The predicted molar refractivity (Wildman–Crippen MR) is 120 cm³/mol. The van der Waals surface area contributed by atoms with E-state index >= 15 is 0 Å². The molecule has 1 N–H and O–H groups in total. The number of nitrogens with zero attached hydrogens (tertiary/aromatic N) is 1. The largest absolute Gasteiger partial charge is 0.493 e. The fourth-order valence-electron chi connectivity index (χ4n) is 2.78. The van der Waals surface area contributed by atoms with Gasteiger partial charge in [-0.1, -0.05) is 17.7 Å². The van der Waals surface area contributed by atoms with Gasteiger partial charge in [-0.25, -0.2) is 0 Å². The Morgan fingerprint density at radius 3 is 2.69 bits per heavy atom. The van der Waals surface area contributed by atoms with Gasteiger partial charge in [-0.05, 0) is 77.0 Å². The number of methoxy groups -OCH3 is 1. The maximum Gasteiger partial charge on any atom is 0.270 e. The van der Waals surface area contributed by atoms with E-state index in [2.05, 4.69) is 21.2 Å². The number of benzene rings is 2. The van der Waals surface area contributed by atoms with Gasteiger partial charge in [0, 0.05) is 5.02 Å². The van der Waals surface area contributed by atoms with Crippen LogP contribution in [-0.2, 0) is 9.59 Å². The quantitative estimate of drug-likeness (QED) is 0.380. The van der Waals surface area contributed by atoms with Gasteiger partial charge in [0.05, 0.1) is 23.9 Å². The van der Waals surface area contributed by atoms with Crippen molar-refractivity contribution in [2.24, 2.45) is 0 Å². The van der Waals surface area contributed by atoms with Crippen molar-refractivity contribution in [2.45, 2.75) is 6.92 Å². The van der Waals surface area contributed by atoms with Gasteiger partial charge in [0.2, 0.25) is 0 Å². The van der Waals surface area contributed by atoms with Crippen LogP contribution in [-0.4, -0.2) is 30.6 Å². The summed E-state index contributed by atoms with van der Waals surface area (Å²) in [6, 6.07) is 10.1. The molecule has 1 aliphatic heterocycles. The fourth-order valence-corrected chi connectivity index (χ4v) is 3.82. The molecule has 2 amide bonds. The number of rotatable bonds is 5. The third kappa shape index (κ3) is 4.44. The van der Waals surface area contributed by atoms with Crippen molar-refractivity contribution >= 4 is 68.4 Å². The Balaban J connectivity index is 2.04. The summed E-state index contributed by atoms with van der Waals surface area (Å²) in [5.41, 5.74) is 0.968. The molecule has 0 aliphatic carbocycles. The maximum atomic E-state index is 13.1. The highest BCUT2D eigenvalue weighted by atomic mass is 79.9. The van der Waals surface area contributed by atoms with Gasteiger partial charge in [-0.2, -0.15) is 0 Å². The van der Waals surface area contributed by atoms with E-state index in [-0.39, 0.29) is 10.7 Å². The number of anilines is 1. The van der Waals surface area contributed by atoms with Gasteiger partial charge >= 0.3 is 0 Å². The minimum Gasteiger partial charge on any atom is -0.493 e. The van der Waals surface area contributed by atoms with Crippen LogP contribution in [0.4, 0.5) is 5.69 Å². The zero-order valence-corrected chi connectivity index (χ0v) is 18.7. The lowest BCUT2D eigenvalue weighted by atomic mass is 10.1. The Kier molecular flexibility index (Phi) is 6.56. The number of nitrogens with one attached hydrogen (secondary N) is 1. The fraction of sp³-hybridized carbons (Fsp3) is 0.150. The Morgan fingerprint density at radius 1 is 1.28 bits per heavy atom. The molecule has 2 aromatic rings. The monoisotopic (exact) mass is 494 g/mol. The summed E-state index contributed by atoms with van der Waals surface area (Å²) >= 11 is 14.7. The number of carbonyl (C=O) groups excluding carboxylic acids is 2. The second-order valence-electron chi connectivity index (χ2n) is 5.90. The van der Waals surface area contributed by atoms with E-state index in [9.17, 15) is 9.59 Å². The first-order valence-corrected chi connectivity index (χ1v) is 10.1. The number of hydrogen-bond donors (Lipinski definition) is 1. The van der Waals surface area contributed by atoms with Crippen LogP contribution in [0, 0.1) is 0 Å². The third-order valence-corrected chi connectivity index (χ3v) is 5.13. The second-order valence-corrected chi connectivity index (χ2v) is 7.58. The Hall–Kier alpha value is -2.42. The highest BCUT2D eigenvalue weighted by Gasteiger charge is 2.34. The van der Waals surface area contributed by atoms with Crippen LogP contribution < -0.4 is 19.7 Å². The molecule has 0 bridgehead atoms. The summed E-state index contributed by atoms with van der Waals surface area (Å²) in [5, 5.41) is 2.98. The van der Waals surface area contributed by atoms with E-state index in [4.69, 9.17) is 33.3 Å². The van der Waals surface area contributed by atoms with Gasteiger partial charge in [0.15, 0.2) is 16.6 Å². The zero-order chi connectivity index (χ0) is 21.1. The molecule has 0 atom stereocenters. The molecule has 1 heterocycles. The van der Waals surface area contributed by atoms with Crippen molar-refractivity contribution < 1.29 is 19.1 Å². The van der Waals surface area contributed by atoms with Crippen molar-refractivity contribution in [1.29, 1.82) is 0 Å². The molecule has 1 fully saturated rings. The van der Waals surface area contributed by atoms with Crippen LogP contribution in [0.2, 0.25) is 5.02 Å². The lowest BCUT2D eigenvalue weighted by molar-refractivity contribution is -0.122. The van der Waals surface area contributed by atoms with E-state index in [1.807, 2.05) is 6.92 Å². The molecule has 1 saturated heterocycles. The van der Waals surface area contributed by atoms with Crippen molar-refractivity contribution in [2.75, 3.05) is 18.6 Å². The molecule has 29 heavy (non-hydrogen) atoms. The Morgan fingerprint density at radius 2 is 2.03 bits per heavy atom. The Labute approximate surface area is 186 Å². The van der Waals surface area contributed by atoms with Gasteiger partial charge < -0.3 is 9.47 Å². The van der Waals surface area contributed by atoms with E-state index in [1.54, 1.807) is 36.4 Å². The lowest BCUT2D eigenvalue weighted by Gasteiger charge is -2.29. The molecule has 6 nitrogen and oxygen atoms in total. The molecule has 0 spiro atoms. The number of hydrogen-bond acceptors (Lipinski definition) is 5. The lowest BCUT2D eigenvalue weighted by Crippen LogP contribution is -2.54. The van der Waals surface area contributed by atoms with Crippen molar-refractivity contribution in [1.82, 2.24) is 5.32 Å². The third-order valence-electron chi connectivity index (χ3n) is 4.02. The molecule has 150 valence electrons. The average molecular weight is 496 g/mol. The first-order valence-electron chi connectivity index (χ1n) is 8.53. The summed E-state index contributed by atoms with van der Waals surface area (Å²) in [6.07, 6.45) is 1.47. The van der Waals surface area contributed by atoms with Crippen LogP contribution in [0.25, 0.3) is 6.08 Å². The molecule has 0 saturated carbocycles. The van der Waals surface area contributed by atoms with Gasteiger partial charge in [0.1, 0.15) is 5.57 Å². The minimum atomic E-state index is -0.581. The summed E-state index contributed by atoms with van der Waals surface area (Å²) in [7, 11) is 1.51. The zero-order valence-electron chi connectivity index (χ0n) is 15.5. The maximum absolute atomic E-state index is 13.1. The van der Waals surface area contributed by atoms with Crippen LogP contribution in [0.1, 0.15) is 12.5 Å². The van der Waals surface area contributed by atoms with E-state index in [0.717, 1.165) is 0 Å². The summed E-state index contributed by atoms with van der Waals surface area (Å²) in [6.45, 7) is 2.32. The first-order chi connectivity index (χ1) is 13.8. The van der Waals surface area contributed by atoms with E-state index in [0.29, 0.717) is 38.9 Å².